The molecule has 2 N–H and O–H groups in total. The van der Waals surface area contributed by atoms with Crippen molar-refractivity contribution in [3.05, 3.63) is 65.9 Å². The maximum absolute atomic E-state index is 12.5. The van der Waals surface area contributed by atoms with E-state index in [1.807, 2.05) is 68.4 Å². The van der Waals surface area contributed by atoms with Crippen molar-refractivity contribution < 1.29 is 14.1 Å². The van der Waals surface area contributed by atoms with E-state index >= 15 is 0 Å². The van der Waals surface area contributed by atoms with Gasteiger partial charge in [0.25, 0.3) is 0 Å². The van der Waals surface area contributed by atoms with Gasteiger partial charge in [-0.05, 0) is 45.0 Å². The van der Waals surface area contributed by atoms with Crippen molar-refractivity contribution >= 4 is 23.3 Å². The summed E-state index contributed by atoms with van der Waals surface area (Å²) in [6, 6.07) is 16.5. The minimum absolute atomic E-state index is 0.209. The van der Waals surface area contributed by atoms with Crippen LogP contribution in [0.25, 0.3) is 11.3 Å². The number of anilines is 2. The monoisotopic (exact) mass is 390 g/mol. The first-order chi connectivity index (χ1) is 13.9. The third-order valence-corrected chi connectivity index (χ3v) is 4.50. The zero-order chi connectivity index (χ0) is 20.4. The lowest BCUT2D eigenvalue weighted by atomic mass is 10.1. The third-order valence-electron chi connectivity index (χ3n) is 4.50. The van der Waals surface area contributed by atoms with Gasteiger partial charge in [0.15, 0.2) is 5.76 Å². The van der Waals surface area contributed by atoms with E-state index in [9.17, 15) is 4.79 Å². The molecular formula is C22H22N4O3. The van der Waals surface area contributed by atoms with Gasteiger partial charge >= 0.3 is 6.03 Å². The Bertz CT molecular complexity index is 1050. The van der Waals surface area contributed by atoms with Crippen LogP contribution in [0.4, 0.5) is 16.2 Å². The molecule has 4 rings (SSSR count). The van der Waals surface area contributed by atoms with Crippen molar-refractivity contribution in [3.63, 3.8) is 0 Å². The maximum Gasteiger partial charge on any atom is 0.323 e. The average molecular weight is 390 g/mol. The summed E-state index contributed by atoms with van der Waals surface area (Å²) in [4.78, 5) is 17.1. The van der Waals surface area contributed by atoms with Crippen molar-refractivity contribution in [1.29, 1.82) is 0 Å². The highest BCUT2D eigenvalue weighted by Gasteiger charge is 2.27. The molecule has 29 heavy (non-hydrogen) atoms. The van der Waals surface area contributed by atoms with Gasteiger partial charge in [0.05, 0.1) is 5.54 Å². The van der Waals surface area contributed by atoms with Gasteiger partial charge in [-0.2, -0.15) is 0 Å². The molecule has 0 saturated carbocycles. The average Bonchev–Trinajstić information content (AvgIpc) is 3.25. The Balaban J connectivity index is 1.45. The predicted octanol–water partition coefficient (Wildman–Crippen LogP) is 4.85. The lowest BCUT2D eigenvalue weighted by Gasteiger charge is -2.09. The third kappa shape index (κ3) is 4.13. The molecule has 0 radical (unpaired) electrons. The number of carbonyl (C=O) groups excluding carboxylic acids is 1. The molecule has 3 aromatic rings. The fraction of sp³-hybridized carbons (Fsp3) is 0.227. The number of rotatable bonds is 4. The molecule has 0 bridgehead atoms. The van der Waals surface area contributed by atoms with Crippen molar-refractivity contribution in [2.24, 2.45) is 4.99 Å². The number of nitrogens with one attached hydrogen (secondary N) is 2. The number of benzene rings is 2. The molecule has 7 heteroatoms. The Morgan fingerprint density at radius 3 is 2.38 bits per heavy atom. The number of aryl methyl sites for hydroxylation is 1. The summed E-state index contributed by atoms with van der Waals surface area (Å²) >= 11 is 0. The molecule has 0 fully saturated rings. The Morgan fingerprint density at radius 2 is 1.72 bits per heavy atom. The topological polar surface area (TPSA) is 88.8 Å². The van der Waals surface area contributed by atoms with Gasteiger partial charge in [-0.25, -0.2) is 9.79 Å². The lowest BCUT2D eigenvalue weighted by Crippen LogP contribution is -2.20. The summed E-state index contributed by atoms with van der Waals surface area (Å²) < 4.78 is 10.9. The molecule has 1 aliphatic rings. The maximum atomic E-state index is 12.5. The Morgan fingerprint density at radius 1 is 1.00 bits per heavy atom. The number of urea groups is 1. The van der Waals surface area contributed by atoms with E-state index in [4.69, 9.17) is 9.26 Å². The Labute approximate surface area is 168 Å². The molecule has 148 valence electrons. The van der Waals surface area contributed by atoms with Gasteiger partial charge in [-0.3, -0.25) is 0 Å². The summed E-state index contributed by atoms with van der Waals surface area (Å²) in [5, 5.41) is 9.72. The first kappa shape index (κ1) is 18.7. The van der Waals surface area contributed by atoms with Crippen molar-refractivity contribution in [3.8, 4) is 11.3 Å². The molecule has 0 saturated heterocycles. The standard InChI is InChI=1S/C22H22N4O3/c1-14-18(19(26-29-14)15-7-5-4-6-8-15)24-21(27)23-17-11-9-16(10-12-17)20-25-22(2,3)13-28-20/h4-12H,13H2,1-3H3,(H2,23,24,27). The molecule has 2 amide bonds. The van der Waals surface area contributed by atoms with Crippen molar-refractivity contribution in [1.82, 2.24) is 5.16 Å². The van der Waals surface area contributed by atoms with Crippen LogP contribution >= 0.6 is 0 Å². The van der Waals surface area contributed by atoms with Crippen LogP contribution in [0.3, 0.4) is 0 Å². The first-order valence-corrected chi connectivity index (χ1v) is 9.34. The number of hydrogen-bond donors (Lipinski definition) is 2. The number of aliphatic imine (C=N–C) groups is 1. The van der Waals surface area contributed by atoms with E-state index in [2.05, 4.69) is 20.8 Å². The lowest BCUT2D eigenvalue weighted by molar-refractivity contribution is 0.262. The highest BCUT2D eigenvalue weighted by molar-refractivity contribution is 6.02. The van der Waals surface area contributed by atoms with E-state index in [-0.39, 0.29) is 11.6 Å². The van der Waals surface area contributed by atoms with E-state index in [1.54, 1.807) is 6.92 Å². The molecule has 0 unspecified atom stereocenters. The number of ether oxygens (including phenoxy) is 1. The van der Waals surface area contributed by atoms with Crippen molar-refractivity contribution in [2.45, 2.75) is 26.3 Å². The van der Waals surface area contributed by atoms with E-state index in [0.717, 1.165) is 11.1 Å². The largest absolute Gasteiger partial charge is 0.475 e. The molecular weight excluding hydrogens is 368 g/mol. The summed E-state index contributed by atoms with van der Waals surface area (Å²) in [6.45, 7) is 6.37. The SMILES string of the molecule is Cc1onc(-c2ccccc2)c1NC(=O)Nc1ccc(C2=NC(C)(C)CO2)cc1. The van der Waals surface area contributed by atoms with Gasteiger partial charge in [0.2, 0.25) is 5.90 Å². The summed E-state index contributed by atoms with van der Waals surface area (Å²) in [7, 11) is 0. The first-order valence-electron chi connectivity index (χ1n) is 9.34. The number of hydrogen-bond acceptors (Lipinski definition) is 5. The minimum atomic E-state index is -0.378. The quantitative estimate of drug-likeness (QED) is 0.666. The van der Waals surface area contributed by atoms with Crippen LogP contribution in [0.5, 0.6) is 0 Å². The molecule has 0 spiro atoms. The molecule has 2 heterocycles. The normalized spacial score (nSPS) is 14.8. The van der Waals surface area contributed by atoms with Crippen LogP contribution in [0.15, 0.2) is 64.1 Å². The summed E-state index contributed by atoms with van der Waals surface area (Å²) in [5.41, 5.74) is 3.32. The van der Waals surface area contributed by atoms with Crippen LogP contribution < -0.4 is 10.6 Å². The van der Waals surface area contributed by atoms with E-state index < -0.39 is 0 Å². The second-order valence-electron chi connectivity index (χ2n) is 7.50. The second-order valence-corrected chi connectivity index (χ2v) is 7.50. The zero-order valence-electron chi connectivity index (χ0n) is 16.5. The fourth-order valence-electron chi connectivity index (χ4n) is 3.02. The van der Waals surface area contributed by atoms with Crippen LogP contribution in [0.1, 0.15) is 25.2 Å². The molecule has 1 aromatic heterocycles. The zero-order valence-corrected chi connectivity index (χ0v) is 16.5. The number of amides is 2. The highest BCUT2D eigenvalue weighted by atomic mass is 16.5. The van der Waals surface area contributed by atoms with E-state index in [1.165, 1.54) is 0 Å². The van der Waals surface area contributed by atoms with Gasteiger partial charge in [-0.15, -0.1) is 0 Å². The van der Waals surface area contributed by atoms with Crippen LogP contribution in [-0.2, 0) is 4.74 Å². The highest BCUT2D eigenvalue weighted by Crippen LogP contribution is 2.30. The summed E-state index contributed by atoms with van der Waals surface area (Å²) in [6.07, 6.45) is 0. The second kappa shape index (κ2) is 7.43. The molecule has 7 nitrogen and oxygen atoms in total. The molecule has 0 aliphatic carbocycles. The number of aromatic nitrogens is 1. The van der Waals surface area contributed by atoms with Gasteiger partial charge < -0.3 is 19.9 Å². The van der Waals surface area contributed by atoms with Crippen LogP contribution in [0, 0.1) is 6.92 Å². The molecule has 1 aliphatic heterocycles. The predicted molar refractivity (Wildman–Crippen MR) is 112 cm³/mol. The van der Waals surface area contributed by atoms with Crippen LogP contribution in [-0.4, -0.2) is 29.2 Å². The summed E-state index contributed by atoms with van der Waals surface area (Å²) in [5.74, 6) is 1.16. The van der Waals surface area contributed by atoms with Crippen molar-refractivity contribution in [2.75, 3.05) is 17.2 Å². The van der Waals surface area contributed by atoms with Crippen LogP contribution in [0.2, 0.25) is 0 Å². The van der Waals surface area contributed by atoms with Gasteiger partial charge in [-0.1, -0.05) is 35.5 Å². The molecule has 0 atom stereocenters. The fourth-order valence-corrected chi connectivity index (χ4v) is 3.02. The van der Waals surface area contributed by atoms with Gasteiger partial charge in [0.1, 0.15) is 18.0 Å². The van der Waals surface area contributed by atoms with Gasteiger partial charge in [0, 0.05) is 16.8 Å². The van der Waals surface area contributed by atoms with E-state index in [0.29, 0.717) is 35.3 Å². The Hall–Kier alpha value is -3.61. The Kier molecular flexibility index (Phi) is 4.80. The minimum Gasteiger partial charge on any atom is -0.475 e. The smallest absolute Gasteiger partial charge is 0.323 e. The number of nitrogens with zero attached hydrogens (tertiary/aromatic N) is 2. The number of carbonyl (C=O) groups is 1. The molecule has 2 aromatic carbocycles.